The van der Waals surface area contributed by atoms with E-state index in [1.807, 2.05) is 12.1 Å². The summed E-state index contributed by atoms with van der Waals surface area (Å²) in [5.74, 6) is -0.528. The minimum atomic E-state index is -0.171. The standard InChI is InChI=1S/C32H46N4O4/c1-3-5-23-33-31(39)25-17-13-15-19-27(25)35-29(37)21-11-9-7-8-10-12-22-30(38)36-28-20-16-14-18-26(28)32(40)34-24-6-4-2/h13-20H,3-12,21-24H2,1-2H3,(H,33,39)(H,34,40)(H,35,37)(H,36,38). The van der Waals surface area contributed by atoms with Crippen LogP contribution in [-0.2, 0) is 9.59 Å². The second-order valence-corrected chi connectivity index (χ2v) is 10.0. The Morgan fingerprint density at radius 1 is 0.525 bits per heavy atom. The number of rotatable bonds is 19. The molecule has 0 bridgehead atoms. The minimum absolute atomic E-state index is 0.0928. The monoisotopic (exact) mass is 550 g/mol. The van der Waals surface area contributed by atoms with Crippen LogP contribution in [-0.4, -0.2) is 36.7 Å². The quantitative estimate of drug-likeness (QED) is 0.151. The summed E-state index contributed by atoms with van der Waals surface area (Å²) in [4.78, 5) is 49.7. The summed E-state index contributed by atoms with van der Waals surface area (Å²) in [6.07, 6.45) is 10.0. The summed E-state index contributed by atoms with van der Waals surface area (Å²) in [5.41, 5.74) is 2.04. The van der Waals surface area contributed by atoms with E-state index in [0.29, 0.717) is 48.4 Å². The van der Waals surface area contributed by atoms with Gasteiger partial charge < -0.3 is 21.3 Å². The van der Waals surface area contributed by atoms with Crippen molar-refractivity contribution in [2.75, 3.05) is 23.7 Å². The molecule has 0 aliphatic rings. The van der Waals surface area contributed by atoms with Crippen LogP contribution in [0.15, 0.2) is 48.5 Å². The minimum Gasteiger partial charge on any atom is -0.352 e. The average molecular weight is 551 g/mol. The lowest BCUT2D eigenvalue weighted by molar-refractivity contribution is -0.117. The number of nitrogens with one attached hydrogen (secondary N) is 4. The molecule has 8 nitrogen and oxygen atoms in total. The molecule has 0 fully saturated rings. The zero-order valence-electron chi connectivity index (χ0n) is 24.2. The molecule has 4 amide bonds. The van der Waals surface area contributed by atoms with Gasteiger partial charge in [-0.15, -0.1) is 0 Å². The van der Waals surface area contributed by atoms with E-state index in [2.05, 4.69) is 35.1 Å². The molecule has 2 aromatic rings. The molecule has 0 saturated carbocycles. The zero-order chi connectivity index (χ0) is 29.0. The van der Waals surface area contributed by atoms with E-state index in [4.69, 9.17) is 0 Å². The SMILES string of the molecule is CCCCNC(=O)c1ccccc1NC(=O)CCCCCCCCC(=O)Nc1ccccc1C(=O)NCCCC. The highest BCUT2D eigenvalue weighted by molar-refractivity contribution is 6.04. The Kier molecular flexibility index (Phi) is 15.8. The molecular formula is C32H46N4O4. The van der Waals surface area contributed by atoms with Crippen molar-refractivity contribution < 1.29 is 19.2 Å². The summed E-state index contributed by atoms with van der Waals surface area (Å²) in [6.45, 7) is 5.38. The van der Waals surface area contributed by atoms with Crippen molar-refractivity contribution in [3.8, 4) is 0 Å². The van der Waals surface area contributed by atoms with Gasteiger partial charge in [-0.25, -0.2) is 0 Å². The van der Waals surface area contributed by atoms with Gasteiger partial charge in [0.2, 0.25) is 11.8 Å². The third kappa shape index (κ3) is 12.5. The van der Waals surface area contributed by atoms with E-state index in [1.165, 1.54) is 0 Å². The maximum Gasteiger partial charge on any atom is 0.253 e. The van der Waals surface area contributed by atoms with Gasteiger partial charge in [0.05, 0.1) is 22.5 Å². The number of hydrogen-bond acceptors (Lipinski definition) is 4. The van der Waals surface area contributed by atoms with Crippen LogP contribution in [0.5, 0.6) is 0 Å². The Hall–Kier alpha value is -3.68. The molecule has 0 heterocycles. The molecule has 2 rings (SSSR count). The van der Waals surface area contributed by atoms with Crippen LogP contribution in [0.1, 0.15) is 112 Å². The van der Waals surface area contributed by atoms with Crippen molar-refractivity contribution in [3.05, 3.63) is 59.7 Å². The highest BCUT2D eigenvalue weighted by atomic mass is 16.2. The van der Waals surface area contributed by atoms with Crippen molar-refractivity contribution in [3.63, 3.8) is 0 Å². The van der Waals surface area contributed by atoms with Crippen molar-refractivity contribution in [1.29, 1.82) is 0 Å². The van der Waals surface area contributed by atoms with E-state index in [0.717, 1.165) is 64.2 Å². The molecular weight excluding hydrogens is 504 g/mol. The third-order valence-electron chi connectivity index (χ3n) is 6.58. The highest BCUT2D eigenvalue weighted by Crippen LogP contribution is 2.18. The second kappa shape index (κ2) is 19.4. The van der Waals surface area contributed by atoms with Gasteiger partial charge in [-0.2, -0.15) is 0 Å². The molecule has 0 saturated heterocycles. The van der Waals surface area contributed by atoms with E-state index < -0.39 is 0 Å². The van der Waals surface area contributed by atoms with Crippen molar-refractivity contribution in [1.82, 2.24) is 10.6 Å². The molecule has 2 aromatic carbocycles. The van der Waals surface area contributed by atoms with Crippen LogP contribution in [0, 0.1) is 0 Å². The summed E-state index contributed by atoms with van der Waals surface area (Å²) >= 11 is 0. The number of anilines is 2. The molecule has 40 heavy (non-hydrogen) atoms. The Morgan fingerprint density at radius 3 is 1.30 bits per heavy atom. The Labute approximate surface area is 239 Å². The predicted molar refractivity (Wildman–Crippen MR) is 162 cm³/mol. The van der Waals surface area contributed by atoms with Gasteiger partial charge in [-0.05, 0) is 49.9 Å². The normalized spacial score (nSPS) is 10.6. The second-order valence-electron chi connectivity index (χ2n) is 10.0. The molecule has 0 radical (unpaired) electrons. The molecule has 0 aliphatic heterocycles. The van der Waals surface area contributed by atoms with Gasteiger partial charge in [0.25, 0.3) is 11.8 Å². The summed E-state index contributed by atoms with van der Waals surface area (Å²) in [6, 6.07) is 14.2. The molecule has 0 aliphatic carbocycles. The number of unbranched alkanes of at least 4 members (excludes halogenated alkanes) is 7. The first-order chi connectivity index (χ1) is 19.5. The summed E-state index contributed by atoms with van der Waals surface area (Å²) < 4.78 is 0. The average Bonchev–Trinajstić information content (AvgIpc) is 2.95. The fourth-order valence-electron chi connectivity index (χ4n) is 4.23. The Morgan fingerprint density at radius 2 is 0.900 bits per heavy atom. The number of carbonyl (C=O) groups is 4. The maximum atomic E-state index is 12.4. The van der Waals surface area contributed by atoms with Gasteiger partial charge in [-0.3, -0.25) is 19.2 Å². The van der Waals surface area contributed by atoms with Crippen molar-refractivity contribution in [2.45, 2.75) is 90.9 Å². The van der Waals surface area contributed by atoms with Gasteiger partial charge in [0.15, 0.2) is 0 Å². The highest BCUT2D eigenvalue weighted by Gasteiger charge is 2.14. The number of benzene rings is 2. The lowest BCUT2D eigenvalue weighted by Gasteiger charge is -2.11. The zero-order valence-corrected chi connectivity index (χ0v) is 24.2. The van der Waals surface area contributed by atoms with Gasteiger partial charge in [0.1, 0.15) is 0 Å². The first-order valence-corrected chi connectivity index (χ1v) is 14.8. The van der Waals surface area contributed by atoms with Gasteiger partial charge >= 0.3 is 0 Å². The Balaban J connectivity index is 1.61. The largest absolute Gasteiger partial charge is 0.352 e. The van der Waals surface area contributed by atoms with Crippen LogP contribution in [0.4, 0.5) is 11.4 Å². The van der Waals surface area contributed by atoms with Crippen molar-refractivity contribution in [2.24, 2.45) is 0 Å². The van der Waals surface area contributed by atoms with E-state index in [1.54, 1.807) is 36.4 Å². The van der Waals surface area contributed by atoms with Crippen LogP contribution >= 0.6 is 0 Å². The first-order valence-electron chi connectivity index (χ1n) is 14.8. The molecule has 0 aromatic heterocycles. The molecule has 0 spiro atoms. The molecule has 218 valence electrons. The number of carbonyl (C=O) groups excluding carboxylic acids is 4. The number of hydrogen-bond donors (Lipinski definition) is 4. The van der Waals surface area contributed by atoms with Gasteiger partial charge in [-0.1, -0.05) is 76.6 Å². The lowest BCUT2D eigenvalue weighted by Crippen LogP contribution is -2.26. The molecule has 8 heteroatoms. The Bertz CT molecular complexity index is 1000. The van der Waals surface area contributed by atoms with Crippen LogP contribution in [0.3, 0.4) is 0 Å². The predicted octanol–water partition coefficient (Wildman–Crippen LogP) is 6.44. The molecule has 0 atom stereocenters. The molecule has 4 N–H and O–H groups in total. The third-order valence-corrected chi connectivity index (χ3v) is 6.58. The number of para-hydroxylation sites is 2. The van der Waals surface area contributed by atoms with Crippen molar-refractivity contribution >= 4 is 35.0 Å². The first kappa shape index (κ1) is 32.5. The van der Waals surface area contributed by atoms with E-state index >= 15 is 0 Å². The summed E-state index contributed by atoms with van der Waals surface area (Å²) in [7, 11) is 0. The van der Waals surface area contributed by atoms with E-state index in [9.17, 15) is 19.2 Å². The van der Waals surface area contributed by atoms with E-state index in [-0.39, 0.29) is 23.6 Å². The van der Waals surface area contributed by atoms with Crippen LogP contribution in [0.25, 0.3) is 0 Å². The topological polar surface area (TPSA) is 116 Å². The van der Waals surface area contributed by atoms with Crippen LogP contribution < -0.4 is 21.3 Å². The smallest absolute Gasteiger partial charge is 0.253 e. The van der Waals surface area contributed by atoms with Gasteiger partial charge in [0, 0.05) is 25.9 Å². The van der Waals surface area contributed by atoms with Crippen LogP contribution in [0.2, 0.25) is 0 Å². The number of amides is 4. The fraction of sp³-hybridized carbons (Fsp3) is 0.500. The molecule has 0 unspecified atom stereocenters. The fourth-order valence-corrected chi connectivity index (χ4v) is 4.23. The summed E-state index contributed by atoms with van der Waals surface area (Å²) in [5, 5.41) is 11.5. The maximum absolute atomic E-state index is 12.4. The lowest BCUT2D eigenvalue weighted by atomic mass is 10.1.